The third-order valence-electron chi connectivity index (χ3n) is 1.85. The molecule has 16 heavy (non-hydrogen) atoms. The number of hydrogen-bond donors (Lipinski definition) is 1. The highest BCUT2D eigenvalue weighted by Crippen LogP contribution is 2.06. The van der Waals surface area contributed by atoms with E-state index >= 15 is 0 Å². The smallest absolute Gasteiger partial charge is 0.377 e. The first-order chi connectivity index (χ1) is 7.50. The Kier molecular flexibility index (Phi) is 3.77. The number of carboxylic acids is 1. The highest BCUT2D eigenvalue weighted by Gasteiger charge is 2.13. The van der Waals surface area contributed by atoms with E-state index in [2.05, 4.69) is 0 Å². The molecular formula is C11H10O5. The van der Waals surface area contributed by atoms with Gasteiger partial charge in [0.25, 0.3) is 5.78 Å². The number of rotatable bonds is 4. The van der Waals surface area contributed by atoms with Gasteiger partial charge in [0.2, 0.25) is 0 Å². The molecule has 0 aliphatic carbocycles. The zero-order valence-electron chi connectivity index (χ0n) is 8.60. The average molecular weight is 222 g/mol. The number of esters is 1. The molecular weight excluding hydrogens is 212 g/mol. The van der Waals surface area contributed by atoms with Crippen molar-refractivity contribution in [2.75, 3.05) is 0 Å². The summed E-state index contributed by atoms with van der Waals surface area (Å²) in [6.07, 6.45) is 0. The number of carbonyl (C=O) groups excluding carboxylic acids is 2. The molecule has 5 heteroatoms. The van der Waals surface area contributed by atoms with E-state index in [9.17, 15) is 14.4 Å². The molecule has 0 aliphatic heterocycles. The fourth-order valence-corrected chi connectivity index (χ4v) is 1.06. The summed E-state index contributed by atoms with van der Waals surface area (Å²) in [4.78, 5) is 31.9. The molecule has 0 bridgehead atoms. The molecule has 0 aromatic heterocycles. The van der Waals surface area contributed by atoms with Crippen molar-refractivity contribution in [3.63, 3.8) is 0 Å². The molecule has 0 amide bonds. The Morgan fingerprint density at radius 1 is 1.19 bits per heavy atom. The number of aliphatic carboxylic acids is 1. The van der Waals surface area contributed by atoms with Crippen molar-refractivity contribution in [3.8, 4) is 0 Å². The van der Waals surface area contributed by atoms with E-state index in [0.717, 1.165) is 0 Å². The monoisotopic (exact) mass is 222 g/mol. The maximum atomic E-state index is 11.0. The molecule has 1 N–H and O–H groups in total. The summed E-state index contributed by atoms with van der Waals surface area (Å²) in [6.45, 7) is 1.40. The van der Waals surface area contributed by atoms with Crippen LogP contribution in [0.15, 0.2) is 24.3 Å². The molecule has 0 fully saturated rings. The van der Waals surface area contributed by atoms with Crippen molar-refractivity contribution in [2.24, 2.45) is 0 Å². The van der Waals surface area contributed by atoms with Gasteiger partial charge in [0.05, 0.1) is 0 Å². The number of carboxylic acid groups (broad SMARTS) is 1. The van der Waals surface area contributed by atoms with Gasteiger partial charge in [-0.2, -0.15) is 0 Å². The standard InChI is InChI=1S/C11H10O5/c1-7(12)16-6-8-2-4-9(5-3-8)10(13)11(14)15/h2-5H,6H2,1H3,(H,14,15). The van der Waals surface area contributed by atoms with Gasteiger partial charge in [0.15, 0.2) is 0 Å². The Hall–Kier alpha value is -2.17. The first kappa shape index (κ1) is 11.9. The van der Waals surface area contributed by atoms with Crippen molar-refractivity contribution in [3.05, 3.63) is 35.4 Å². The molecule has 0 saturated carbocycles. The second-order valence-corrected chi connectivity index (χ2v) is 3.11. The number of ether oxygens (including phenoxy) is 1. The molecule has 0 aliphatic rings. The average Bonchev–Trinajstić information content (AvgIpc) is 2.26. The summed E-state index contributed by atoms with van der Waals surface area (Å²) in [5.41, 5.74) is 0.788. The number of hydrogen-bond acceptors (Lipinski definition) is 4. The van der Waals surface area contributed by atoms with E-state index in [4.69, 9.17) is 9.84 Å². The van der Waals surface area contributed by atoms with Gasteiger partial charge < -0.3 is 9.84 Å². The van der Waals surface area contributed by atoms with Crippen LogP contribution in [-0.2, 0) is 20.9 Å². The summed E-state index contributed by atoms with van der Waals surface area (Å²) in [5, 5.41) is 8.46. The quantitative estimate of drug-likeness (QED) is 0.467. The minimum Gasteiger partial charge on any atom is -0.475 e. The zero-order chi connectivity index (χ0) is 12.1. The molecule has 0 radical (unpaired) electrons. The highest BCUT2D eigenvalue weighted by atomic mass is 16.5. The van der Waals surface area contributed by atoms with Crippen LogP contribution in [0.3, 0.4) is 0 Å². The lowest BCUT2D eigenvalue weighted by atomic mass is 10.1. The molecule has 0 unspecified atom stereocenters. The topological polar surface area (TPSA) is 80.7 Å². The fourth-order valence-electron chi connectivity index (χ4n) is 1.06. The van der Waals surface area contributed by atoms with Gasteiger partial charge in [-0.05, 0) is 5.56 Å². The first-order valence-corrected chi connectivity index (χ1v) is 4.50. The lowest BCUT2D eigenvalue weighted by Crippen LogP contribution is -2.12. The maximum absolute atomic E-state index is 11.0. The van der Waals surface area contributed by atoms with E-state index < -0.39 is 17.7 Å². The lowest BCUT2D eigenvalue weighted by molar-refractivity contribution is -0.142. The van der Waals surface area contributed by atoms with Gasteiger partial charge >= 0.3 is 11.9 Å². The molecule has 1 rings (SSSR count). The molecule has 0 spiro atoms. The number of Topliss-reactive ketones (excluding diaryl/α,β-unsaturated/α-hetero) is 1. The first-order valence-electron chi connectivity index (χ1n) is 4.50. The van der Waals surface area contributed by atoms with Crippen molar-refractivity contribution in [1.82, 2.24) is 0 Å². The van der Waals surface area contributed by atoms with Crippen molar-refractivity contribution in [1.29, 1.82) is 0 Å². The van der Waals surface area contributed by atoms with Gasteiger partial charge in [-0.3, -0.25) is 9.59 Å². The van der Waals surface area contributed by atoms with Crippen LogP contribution in [0, 0.1) is 0 Å². The Balaban J connectivity index is 2.71. The van der Waals surface area contributed by atoms with Gasteiger partial charge in [-0.1, -0.05) is 24.3 Å². The Labute approximate surface area is 91.6 Å². The van der Waals surface area contributed by atoms with E-state index in [0.29, 0.717) is 5.56 Å². The minimum atomic E-state index is -1.49. The van der Waals surface area contributed by atoms with Crippen LogP contribution >= 0.6 is 0 Å². The third kappa shape index (κ3) is 3.20. The number of ketones is 1. The summed E-state index contributed by atoms with van der Waals surface area (Å²) in [5.74, 6) is -2.85. The summed E-state index contributed by atoms with van der Waals surface area (Å²) in [6, 6.07) is 5.85. The van der Waals surface area contributed by atoms with Gasteiger partial charge in [-0.25, -0.2) is 4.79 Å². The van der Waals surface area contributed by atoms with Crippen LogP contribution in [0.2, 0.25) is 0 Å². The van der Waals surface area contributed by atoms with Gasteiger partial charge in [0.1, 0.15) is 6.61 Å². The number of carbonyl (C=O) groups is 3. The highest BCUT2D eigenvalue weighted by molar-refractivity contribution is 6.39. The van der Waals surface area contributed by atoms with E-state index in [1.54, 1.807) is 12.1 Å². The molecule has 0 saturated heterocycles. The molecule has 0 heterocycles. The van der Waals surface area contributed by atoms with Gasteiger partial charge in [0, 0.05) is 12.5 Å². The van der Waals surface area contributed by atoms with Gasteiger partial charge in [-0.15, -0.1) is 0 Å². The fraction of sp³-hybridized carbons (Fsp3) is 0.182. The van der Waals surface area contributed by atoms with Crippen molar-refractivity contribution in [2.45, 2.75) is 13.5 Å². The second-order valence-electron chi connectivity index (χ2n) is 3.11. The maximum Gasteiger partial charge on any atom is 0.377 e. The summed E-state index contributed by atoms with van der Waals surface area (Å²) in [7, 11) is 0. The van der Waals surface area contributed by atoms with Crippen LogP contribution < -0.4 is 0 Å². The SMILES string of the molecule is CC(=O)OCc1ccc(C(=O)C(=O)O)cc1. The molecule has 1 aromatic rings. The van der Waals surface area contributed by atoms with Crippen LogP contribution in [0.1, 0.15) is 22.8 Å². The Morgan fingerprint density at radius 3 is 2.19 bits per heavy atom. The van der Waals surface area contributed by atoms with E-state index in [1.165, 1.54) is 19.1 Å². The zero-order valence-corrected chi connectivity index (χ0v) is 8.60. The summed E-state index contributed by atoms with van der Waals surface area (Å²) >= 11 is 0. The Morgan fingerprint density at radius 2 is 1.75 bits per heavy atom. The van der Waals surface area contributed by atoms with Crippen LogP contribution in [0.5, 0.6) is 0 Å². The predicted molar refractivity (Wildman–Crippen MR) is 53.9 cm³/mol. The van der Waals surface area contributed by atoms with E-state index in [-0.39, 0.29) is 12.2 Å². The normalized spacial score (nSPS) is 9.56. The molecule has 0 atom stereocenters. The predicted octanol–water partition coefficient (Wildman–Crippen LogP) is 1.02. The largest absolute Gasteiger partial charge is 0.475 e. The summed E-state index contributed by atoms with van der Waals surface area (Å²) < 4.78 is 4.74. The minimum absolute atomic E-state index is 0.0964. The molecule has 1 aromatic carbocycles. The lowest BCUT2D eigenvalue weighted by Gasteiger charge is -2.02. The van der Waals surface area contributed by atoms with Crippen molar-refractivity contribution < 1.29 is 24.2 Å². The van der Waals surface area contributed by atoms with Crippen LogP contribution in [0.4, 0.5) is 0 Å². The van der Waals surface area contributed by atoms with Crippen LogP contribution in [0.25, 0.3) is 0 Å². The molecule has 5 nitrogen and oxygen atoms in total. The third-order valence-corrected chi connectivity index (χ3v) is 1.85. The van der Waals surface area contributed by atoms with Crippen molar-refractivity contribution >= 4 is 17.7 Å². The Bertz CT molecular complexity index is 419. The number of benzene rings is 1. The van der Waals surface area contributed by atoms with E-state index in [1.807, 2.05) is 0 Å². The van der Waals surface area contributed by atoms with Crippen LogP contribution in [-0.4, -0.2) is 22.8 Å². The molecule has 84 valence electrons. The second kappa shape index (κ2) is 5.06.